The van der Waals surface area contributed by atoms with Gasteiger partial charge in [0.1, 0.15) is 17.4 Å². The van der Waals surface area contributed by atoms with Crippen LogP contribution >= 0.6 is 0 Å². The number of amides is 1. The highest BCUT2D eigenvalue weighted by Crippen LogP contribution is 2.12. The summed E-state index contributed by atoms with van der Waals surface area (Å²) in [6.07, 6.45) is 2.42. The van der Waals surface area contributed by atoms with E-state index in [9.17, 15) is 9.59 Å². The summed E-state index contributed by atoms with van der Waals surface area (Å²) in [6.45, 7) is 6.75. The Morgan fingerprint density at radius 1 is 1.56 bits per heavy atom. The molecule has 0 saturated heterocycles. The lowest BCUT2D eigenvalue weighted by Crippen LogP contribution is -2.41. The third-order valence-corrected chi connectivity index (χ3v) is 2.52. The van der Waals surface area contributed by atoms with E-state index in [1.807, 2.05) is 0 Å². The van der Waals surface area contributed by atoms with Gasteiger partial charge in [-0.15, -0.1) is 6.58 Å². The summed E-state index contributed by atoms with van der Waals surface area (Å²) in [5.74, 6) is -1.18. The van der Waals surface area contributed by atoms with Gasteiger partial charge in [0.2, 0.25) is 0 Å². The Morgan fingerprint density at radius 3 is 2.67 bits per heavy atom. The zero-order valence-corrected chi connectivity index (χ0v) is 10.4. The molecule has 0 fully saturated rings. The Hall–Kier alpha value is -2.11. The van der Waals surface area contributed by atoms with Gasteiger partial charge in [-0.25, -0.2) is 4.79 Å². The molecule has 0 radical (unpaired) electrons. The van der Waals surface area contributed by atoms with Gasteiger partial charge in [-0.2, -0.15) is 0 Å². The molecule has 0 saturated carbocycles. The average molecular weight is 252 g/mol. The van der Waals surface area contributed by atoms with Crippen LogP contribution in [0.15, 0.2) is 17.2 Å². The second-order valence-electron chi connectivity index (χ2n) is 3.93. The molecule has 98 valence electrons. The molecule has 0 aliphatic rings. The Labute approximate surface area is 105 Å². The number of aryl methyl sites for hydroxylation is 2. The molecule has 6 nitrogen and oxygen atoms in total. The Kier molecular flexibility index (Phi) is 4.65. The molecule has 0 aliphatic carbocycles. The van der Waals surface area contributed by atoms with Crippen LogP contribution in [0.1, 0.15) is 34.7 Å². The summed E-state index contributed by atoms with van der Waals surface area (Å²) in [5, 5.41) is 15.1. The first-order valence-corrected chi connectivity index (χ1v) is 5.54. The van der Waals surface area contributed by atoms with E-state index in [4.69, 9.17) is 9.63 Å². The van der Waals surface area contributed by atoms with E-state index >= 15 is 0 Å². The number of rotatable bonds is 6. The Bertz CT molecular complexity index is 445. The van der Waals surface area contributed by atoms with Crippen molar-refractivity contribution in [2.75, 3.05) is 0 Å². The molecule has 1 atom stereocenters. The highest BCUT2D eigenvalue weighted by atomic mass is 16.5. The minimum atomic E-state index is -1.07. The van der Waals surface area contributed by atoms with Crippen LogP contribution in [0.25, 0.3) is 0 Å². The summed E-state index contributed by atoms with van der Waals surface area (Å²) in [4.78, 5) is 22.9. The fourth-order valence-corrected chi connectivity index (χ4v) is 1.58. The van der Waals surface area contributed by atoms with Crippen LogP contribution in [0.3, 0.4) is 0 Å². The lowest BCUT2D eigenvalue weighted by molar-refractivity contribution is -0.139. The SMILES string of the molecule is C=CCCC(NC(=O)c1c(C)noc1C)C(=O)O. The minimum Gasteiger partial charge on any atom is -0.480 e. The van der Waals surface area contributed by atoms with Crippen LogP contribution in [-0.4, -0.2) is 28.2 Å². The molecular formula is C12H16N2O4. The smallest absolute Gasteiger partial charge is 0.326 e. The van der Waals surface area contributed by atoms with Crippen molar-refractivity contribution < 1.29 is 19.2 Å². The highest BCUT2D eigenvalue weighted by Gasteiger charge is 2.23. The van der Waals surface area contributed by atoms with Crippen molar-refractivity contribution in [3.8, 4) is 0 Å². The normalized spacial score (nSPS) is 11.9. The number of carbonyl (C=O) groups excluding carboxylic acids is 1. The number of carboxylic acid groups (broad SMARTS) is 1. The van der Waals surface area contributed by atoms with Crippen LogP contribution < -0.4 is 5.32 Å². The van der Waals surface area contributed by atoms with Gasteiger partial charge in [0.15, 0.2) is 0 Å². The van der Waals surface area contributed by atoms with Gasteiger partial charge >= 0.3 is 5.97 Å². The van der Waals surface area contributed by atoms with E-state index in [2.05, 4.69) is 17.1 Å². The number of nitrogens with one attached hydrogen (secondary N) is 1. The first-order chi connectivity index (χ1) is 8.47. The second kappa shape index (κ2) is 6.00. The number of carboxylic acids is 1. The van der Waals surface area contributed by atoms with Gasteiger partial charge < -0.3 is 14.9 Å². The Balaban J connectivity index is 2.78. The molecule has 0 spiro atoms. The highest BCUT2D eigenvalue weighted by molar-refractivity contribution is 5.98. The summed E-state index contributed by atoms with van der Waals surface area (Å²) < 4.78 is 4.87. The summed E-state index contributed by atoms with van der Waals surface area (Å²) in [5.41, 5.74) is 0.734. The minimum absolute atomic E-state index is 0.292. The Morgan fingerprint density at radius 2 is 2.22 bits per heavy atom. The standard InChI is InChI=1S/C12H16N2O4/c1-4-5-6-9(12(16)17)13-11(15)10-7(2)14-18-8(10)3/h4,9H,1,5-6H2,2-3H3,(H,13,15)(H,16,17). The van der Waals surface area contributed by atoms with E-state index in [0.29, 0.717) is 29.9 Å². The maximum absolute atomic E-state index is 11.9. The monoisotopic (exact) mass is 252 g/mol. The van der Waals surface area contributed by atoms with Crippen molar-refractivity contribution in [3.05, 3.63) is 29.7 Å². The molecule has 1 unspecified atom stereocenters. The zero-order valence-electron chi connectivity index (χ0n) is 10.4. The number of hydrogen-bond acceptors (Lipinski definition) is 4. The van der Waals surface area contributed by atoms with Crippen molar-refractivity contribution in [2.24, 2.45) is 0 Å². The van der Waals surface area contributed by atoms with E-state index in [0.717, 1.165) is 0 Å². The van der Waals surface area contributed by atoms with Crippen molar-refractivity contribution >= 4 is 11.9 Å². The number of carbonyl (C=O) groups is 2. The maximum Gasteiger partial charge on any atom is 0.326 e. The van der Waals surface area contributed by atoms with E-state index in [1.54, 1.807) is 19.9 Å². The molecule has 6 heteroatoms. The lowest BCUT2D eigenvalue weighted by Gasteiger charge is -2.13. The number of nitrogens with zero attached hydrogens (tertiary/aromatic N) is 1. The van der Waals surface area contributed by atoms with Crippen LogP contribution in [0.4, 0.5) is 0 Å². The third-order valence-electron chi connectivity index (χ3n) is 2.52. The molecule has 0 bridgehead atoms. The molecule has 1 rings (SSSR count). The van der Waals surface area contributed by atoms with Gasteiger partial charge in [0.25, 0.3) is 5.91 Å². The van der Waals surface area contributed by atoms with Gasteiger partial charge in [0.05, 0.1) is 5.69 Å². The lowest BCUT2D eigenvalue weighted by atomic mass is 10.1. The molecule has 2 N–H and O–H groups in total. The summed E-state index contributed by atoms with van der Waals surface area (Å²) in [6, 6.07) is -0.941. The quantitative estimate of drug-likeness (QED) is 0.747. The van der Waals surface area contributed by atoms with E-state index < -0.39 is 17.9 Å². The fourth-order valence-electron chi connectivity index (χ4n) is 1.58. The van der Waals surface area contributed by atoms with E-state index in [1.165, 1.54) is 0 Å². The van der Waals surface area contributed by atoms with Gasteiger partial charge in [-0.1, -0.05) is 11.2 Å². The van der Waals surface area contributed by atoms with Gasteiger partial charge in [0, 0.05) is 0 Å². The van der Waals surface area contributed by atoms with Crippen LogP contribution in [-0.2, 0) is 4.79 Å². The largest absolute Gasteiger partial charge is 0.480 e. The topological polar surface area (TPSA) is 92.4 Å². The molecule has 1 aromatic heterocycles. The van der Waals surface area contributed by atoms with Crippen LogP contribution in [0, 0.1) is 13.8 Å². The van der Waals surface area contributed by atoms with Crippen LogP contribution in [0.5, 0.6) is 0 Å². The number of allylic oxidation sites excluding steroid dienone is 1. The predicted octanol–water partition coefficient (Wildman–Crippen LogP) is 1.44. The summed E-state index contributed by atoms with van der Waals surface area (Å²) in [7, 11) is 0. The summed E-state index contributed by atoms with van der Waals surface area (Å²) >= 11 is 0. The van der Waals surface area contributed by atoms with Crippen molar-refractivity contribution in [1.29, 1.82) is 0 Å². The first kappa shape index (κ1) is 14.0. The number of aliphatic carboxylic acids is 1. The van der Waals surface area contributed by atoms with Crippen molar-refractivity contribution in [1.82, 2.24) is 10.5 Å². The molecule has 1 heterocycles. The third kappa shape index (κ3) is 3.19. The number of aromatic nitrogens is 1. The predicted molar refractivity (Wildman–Crippen MR) is 64.3 cm³/mol. The molecular weight excluding hydrogens is 236 g/mol. The van der Waals surface area contributed by atoms with Crippen LogP contribution in [0.2, 0.25) is 0 Å². The molecule has 0 aromatic carbocycles. The second-order valence-corrected chi connectivity index (χ2v) is 3.93. The first-order valence-electron chi connectivity index (χ1n) is 5.54. The molecule has 1 amide bonds. The van der Waals surface area contributed by atoms with E-state index in [-0.39, 0.29) is 0 Å². The molecule has 18 heavy (non-hydrogen) atoms. The van der Waals surface area contributed by atoms with Gasteiger partial charge in [-0.05, 0) is 26.7 Å². The van der Waals surface area contributed by atoms with Crippen molar-refractivity contribution in [3.63, 3.8) is 0 Å². The average Bonchev–Trinajstić information content (AvgIpc) is 2.63. The maximum atomic E-state index is 11.9. The van der Waals surface area contributed by atoms with Crippen molar-refractivity contribution in [2.45, 2.75) is 32.7 Å². The van der Waals surface area contributed by atoms with Gasteiger partial charge in [-0.3, -0.25) is 4.79 Å². The zero-order chi connectivity index (χ0) is 13.7. The molecule has 0 aliphatic heterocycles. The number of hydrogen-bond donors (Lipinski definition) is 2. The molecule has 1 aromatic rings. The fraction of sp³-hybridized carbons (Fsp3) is 0.417.